The number of aromatic hydroxyl groups is 1. The number of nitrogens with two attached hydrogens (primary N) is 1. The molecule has 0 fully saturated rings. The summed E-state index contributed by atoms with van der Waals surface area (Å²) < 4.78 is 0. The van der Waals surface area contributed by atoms with Crippen LogP contribution in [0.1, 0.15) is 29.8 Å². The Morgan fingerprint density at radius 1 is 1.39 bits per heavy atom. The highest BCUT2D eigenvalue weighted by Gasteiger charge is 2.21. The van der Waals surface area contributed by atoms with Crippen molar-refractivity contribution in [3.05, 3.63) is 29.3 Å². The topological polar surface area (TPSA) is 83.6 Å². The second-order valence-corrected chi connectivity index (χ2v) is 4.49. The zero-order valence-electron chi connectivity index (χ0n) is 10.8. The van der Waals surface area contributed by atoms with Gasteiger partial charge in [-0.25, -0.2) is 0 Å². The Morgan fingerprint density at radius 3 is 2.44 bits per heavy atom. The number of amides is 2. The minimum Gasteiger partial charge on any atom is -0.508 e. The number of benzene rings is 1. The van der Waals surface area contributed by atoms with Crippen LogP contribution in [0.3, 0.4) is 0 Å². The van der Waals surface area contributed by atoms with Crippen molar-refractivity contribution in [2.24, 2.45) is 5.73 Å². The molecule has 0 aliphatic rings. The monoisotopic (exact) mass is 250 g/mol. The number of carbonyl (C=O) groups is 2. The fraction of sp³-hybridized carbons (Fsp3) is 0.385. The number of hydrogen-bond acceptors (Lipinski definition) is 3. The Kier molecular flexibility index (Phi) is 4.31. The molecule has 0 bridgehead atoms. The van der Waals surface area contributed by atoms with Crippen molar-refractivity contribution < 1.29 is 14.7 Å². The average molecular weight is 250 g/mol. The standard InChI is InChI=1S/C13H18N2O3/c1-8(2)15(7-12(14)17)13(18)11-5-4-10(16)6-9(11)3/h4-6,8,16H,7H2,1-3H3,(H2,14,17). The summed E-state index contributed by atoms with van der Waals surface area (Å²) in [4.78, 5) is 24.7. The smallest absolute Gasteiger partial charge is 0.254 e. The van der Waals surface area contributed by atoms with Crippen LogP contribution < -0.4 is 5.73 Å². The Hall–Kier alpha value is -2.04. The number of rotatable bonds is 4. The highest BCUT2D eigenvalue weighted by Crippen LogP contribution is 2.18. The molecule has 0 aliphatic heterocycles. The average Bonchev–Trinajstić information content (AvgIpc) is 2.24. The fourth-order valence-corrected chi connectivity index (χ4v) is 1.70. The van der Waals surface area contributed by atoms with Crippen molar-refractivity contribution >= 4 is 11.8 Å². The maximum Gasteiger partial charge on any atom is 0.254 e. The normalized spacial score (nSPS) is 10.4. The first-order chi connectivity index (χ1) is 8.32. The van der Waals surface area contributed by atoms with E-state index < -0.39 is 5.91 Å². The number of nitrogens with zero attached hydrogens (tertiary/aromatic N) is 1. The van der Waals surface area contributed by atoms with E-state index in [1.54, 1.807) is 13.0 Å². The SMILES string of the molecule is Cc1cc(O)ccc1C(=O)N(CC(N)=O)C(C)C. The first-order valence-electron chi connectivity index (χ1n) is 5.71. The van der Waals surface area contributed by atoms with Crippen LogP contribution in [-0.2, 0) is 4.79 Å². The molecule has 98 valence electrons. The van der Waals surface area contributed by atoms with Gasteiger partial charge in [0.05, 0.1) is 6.54 Å². The molecule has 0 aliphatic carbocycles. The lowest BCUT2D eigenvalue weighted by Gasteiger charge is -2.26. The maximum absolute atomic E-state index is 12.3. The lowest BCUT2D eigenvalue weighted by molar-refractivity contribution is -0.119. The third-order valence-electron chi connectivity index (χ3n) is 2.65. The molecule has 5 nitrogen and oxygen atoms in total. The van der Waals surface area contributed by atoms with Gasteiger partial charge in [0.1, 0.15) is 5.75 Å². The summed E-state index contributed by atoms with van der Waals surface area (Å²) in [6, 6.07) is 4.38. The molecule has 0 saturated carbocycles. The summed E-state index contributed by atoms with van der Waals surface area (Å²) in [6.45, 7) is 5.25. The molecule has 0 unspecified atom stereocenters. The van der Waals surface area contributed by atoms with Gasteiger partial charge in [0, 0.05) is 11.6 Å². The molecule has 2 amide bonds. The predicted octanol–water partition coefficient (Wildman–Crippen LogP) is 1.04. The zero-order valence-corrected chi connectivity index (χ0v) is 10.8. The van der Waals surface area contributed by atoms with Crippen LogP contribution in [0.2, 0.25) is 0 Å². The second kappa shape index (κ2) is 5.53. The van der Waals surface area contributed by atoms with E-state index in [1.165, 1.54) is 17.0 Å². The molecule has 1 rings (SSSR count). The van der Waals surface area contributed by atoms with Crippen molar-refractivity contribution in [1.82, 2.24) is 4.90 Å². The fourth-order valence-electron chi connectivity index (χ4n) is 1.70. The number of phenolic OH excluding ortho intramolecular Hbond substituents is 1. The van der Waals surface area contributed by atoms with E-state index >= 15 is 0 Å². The van der Waals surface area contributed by atoms with E-state index in [-0.39, 0.29) is 24.2 Å². The summed E-state index contributed by atoms with van der Waals surface area (Å²) in [5, 5.41) is 9.31. The molecule has 18 heavy (non-hydrogen) atoms. The molecule has 0 spiro atoms. The van der Waals surface area contributed by atoms with Crippen LogP contribution in [-0.4, -0.2) is 34.4 Å². The summed E-state index contributed by atoms with van der Waals surface area (Å²) in [7, 11) is 0. The van der Waals surface area contributed by atoms with Crippen molar-refractivity contribution in [3.8, 4) is 5.75 Å². The molecule has 0 aromatic heterocycles. The molecule has 0 saturated heterocycles. The lowest BCUT2D eigenvalue weighted by atomic mass is 10.1. The van der Waals surface area contributed by atoms with Crippen LogP contribution in [0.5, 0.6) is 5.75 Å². The van der Waals surface area contributed by atoms with E-state index in [1.807, 2.05) is 13.8 Å². The van der Waals surface area contributed by atoms with Gasteiger partial charge in [-0.3, -0.25) is 9.59 Å². The predicted molar refractivity (Wildman–Crippen MR) is 68.2 cm³/mol. The Labute approximate surface area is 106 Å². The van der Waals surface area contributed by atoms with Crippen LogP contribution in [0, 0.1) is 6.92 Å². The zero-order chi connectivity index (χ0) is 13.9. The van der Waals surface area contributed by atoms with E-state index in [4.69, 9.17) is 5.73 Å². The molecular formula is C13H18N2O3. The molecule has 0 heterocycles. The Balaban J connectivity index is 3.05. The minimum atomic E-state index is -0.548. The van der Waals surface area contributed by atoms with Crippen molar-refractivity contribution in [3.63, 3.8) is 0 Å². The quantitative estimate of drug-likeness (QED) is 0.837. The van der Waals surface area contributed by atoms with E-state index in [9.17, 15) is 14.7 Å². The van der Waals surface area contributed by atoms with Gasteiger partial charge in [-0.2, -0.15) is 0 Å². The lowest BCUT2D eigenvalue weighted by Crippen LogP contribution is -2.43. The van der Waals surface area contributed by atoms with Crippen LogP contribution in [0.4, 0.5) is 0 Å². The molecule has 0 atom stereocenters. The van der Waals surface area contributed by atoms with Gasteiger partial charge in [-0.1, -0.05) is 0 Å². The molecule has 0 radical (unpaired) electrons. The van der Waals surface area contributed by atoms with Crippen LogP contribution in [0.15, 0.2) is 18.2 Å². The third-order valence-corrected chi connectivity index (χ3v) is 2.65. The van der Waals surface area contributed by atoms with E-state index in [0.717, 1.165) is 0 Å². The van der Waals surface area contributed by atoms with Gasteiger partial charge in [0.25, 0.3) is 5.91 Å². The van der Waals surface area contributed by atoms with Gasteiger partial charge >= 0.3 is 0 Å². The van der Waals surface area contributed by atoms with Crippen LogP contribution >= 0.6 is 0 Å². The van der Waals surface area contributed by atoms with Crippen molar-refractivity contribution in [1.29, 1.82) is 0 Å². The molecule has 5 heteroatoms. The van der Waals surface area contributed by atoms with Gasteiger partial charge in [0.2, 0.25) is 5.91 Å². The maximum atomic E-state index is 12.3. The number of carbonyl (C=O) groups excluding carboxylic acids is 2. The Morgan fingerprint density at radius 2 is 2.00 bits per heavy atom. The van der Waals surface area contributed by atoms with Gasteiger partial charge in [-0.05, 0) is 44.5 Å². The van der Waals surface area contributed by atoms with Gasteiger partial charge in [-0.15, -0.1) is 0 Å². The Bertz CT molecular complexity index is 469. The third kappa shape index (κ3) is 3.23. The van der Waals surface area contributed by atoms with E-state index in [0.29, 0.717) is 11.1 Å². The molecule has 1 aromatic carbocycles. The number of aryl methyl sites for hydroxylation is 1. The first-order valence-corrected chi connectivity index (χ1v) is 5.71. The van der Waals surface area contributed by atoms with Gasteiger partial charge in [0.15, 0.2) is 0 Å². The number of hydrogen-bond donors (Lipinski definition) is 2. The minimum absolute atomic E-state index is 0.107. The molecular weight excluding hydrogens is 232 g/mol. The van der Waals surface area contributed by atoms with Crippen molar-refractivity contribution in [2.75, 3.05) is 6.54 Å². The summed E-state index contributed by atoms with van der Waals surface area (Å²) >= 11 is 0. The van der Waals surface area contributed by atoms with Gasteiger partial charge < -0.3 is 15.7 Å². The summed E-state index contributed by atoms with van der Waals surface area (Å²) in [5.74, 6) is -0.704. The molecule has 3 N–H and O–H groups in total. The van der Waals surface area contributed by atoms with Crippen molar-refractivity contribution in [2.45, 2.75) is 26.8 Å². The summed E-state index contributed by atoms with van der Waals surface area (Å²) in [6.07, 6.45) is 0. The first kappa shape index (κ1) is 14.0. The van der Waals surface area contributed by atoms with E-state index in [2.05, 4.69) is 0 Å². The van der Waals surface area contributed by atoms with Crippen LogP contribution in [0.25, 0.3) is 0 Å². The number of primary amides is 1. The second-order valence-electron chi connectivity index (χ2n) is 4.49. The summed E-state index contributed by atoms with van der Waals surface area (Å²) in [5.41, 5.74) is 6.26. The number of phenols is 1. The molecule has 1 aromatic rings. The largest absolute Gasteiger partial charge is 0.508 e. The highest BCUT2D eigenvalue weighted by atomic mass is 16.3. The highest BCUT2D eigenvalue weighted by molar-refractivity contribution is 5.97.